The topological polar surface area (TPSA) is 52.7 Å². The summed E-state index contributed by atoms with van der Waals surface area (Å²) >= 11 is 0. The van der Waals surface area contributed by atoms with E-state index in [1.54, 1.807) is 6.07 Å². The molecule has 1 N–H and O–H groups in total. The smallest absolute Gasteiger partial charge is 0.253 e. The van der Waals surface area contributed by atoms with Gasteiger partial charge in [-0.3, -0.25) is 14.5 Å². The normalized spacial score (nSPS) is 19.5. The Labute approximate surface area is 172 Å². The van der Waals surface area contributed by atoms with E-state index in [1.165, 1.54) is 11.1 Å². The fourth-order valence-electron chi connectivity index (χ4n) is 4.42. The van der Waals surface area contributed by atoms with Crippen molar-refractivity contribution in [1.29, 1.82) is 0 Å². The molecule has 0 bridgehead atoms. The minimum absolute atomic E-state index is 0.0147. The number of likely N-dealkylation sites (tertiary alicyclic amines) is 2. The molecule has 5 heteroatoms. The molecule has 2 fully saturated rings. The van der Waals surface area contributed by atoms with Crippen LogP contribution in [0.15, 0.2) is 48.5 Å². The van der Waals surface area contributed by atoms with Crippen molar-refractivity contribution in [2.45, 2.75) is 45.2 Å². The van der Waals surface area contributed by atoms with Crippen LogP contribution in [0.4, 0.5) is 5.69 Å². The maximum atomic E-state index is 13.0. The number of hydrogen-bond acceptors (Lipinski definition) is 3. The minimum Gasteiger partial charge on any atom is -0.339 e. The van der Waals surface area contributed by atoms with Crippen LogP contribution in [0.5, 0.6) is 0 Å². The highest BCUT2D eigenvalue weighted by Gasteiger charge is 2.30. The van der Waals surface area contributed by atoms with Crippen LogP contribution in [0.25, 0.3) is 0 Å². The van der Waals surface area contributed by atoms with Crippen molar-refractivity contribution in [3.63, 3.8) is 0 Å². The molecule has 29 heavy (non-hydrogen) atoms. The van der Waals surface area contributed by atoms with Crippen molar-refractivity contribution in [1.82, 2.24) is 9.80 Å². The summed E-state index contributed by atoms with van der Waals surface area (Å²) in [4.78, 5) is 29.7. The number of carbonyl (C=O) groups is 2. The third-order valence-corrected chi connectivity index (χ3v) is 5.90. The van der Waals surface area contributed by atoms with Crippen LogP contribution < -0.4 is 5.32 Å². The summed E-state index contributed by atoms with van der Waals surface area (Å²) in [6, 6.07) is 15.7. The van der Waals surface area contributed by atoms with Crippen molar-refractivity contribution < 1.29 is 9.59 Å². The van der Waals surface area contributed by atoms with Crippen molar-refractivity contribution in [2.24, 2.45) is 0 Å². The summed E-state index contributed by atoms with van der Waals surface area (Å²) in [5.41, 5.74) is 3.82. The van der Waals surface area contributed by atoms with Crippen molar-refractivity contribution >= 4 is 17.5 Å². The molecule has 0 radical (unpaired) electrons. The Morgan fingerprint density at radius 1 is 1.00 bits per heavy atom. The van der Waals surface area contributed by atoms with Gasteiger partial charge in [-0.25, -0.2) is 0 Å². The number of hydrogen-bond donors (Lipinski definition) is 1. The van der Waals surface area contributed by atoms with Gasteiger partial charge in [-0.1, -0.05) is 35.9 Å². The van der Waals surface area contributed by atoms with E-state index in [4.69, 9.17) is 0 Å². The largest absolute Gasteiger partial charge is 0.339 e. The van der Waals surface area contributed by atoms with E-state index in [9.17, 15) is 9.59 Å². The van der Waals surface area contributed by atoms with Gasteiger partial charge in [-0.05, 0) is 62.9 Å². The molecule has 1 unspecified atom stereocenters. The molecule has 2 heterocycles. The summed E-state index contributed by atoms with van der Waals surface area (Å²) in [5, 5.41) is 3.05. The molecule has 1 atom stereocenters. The van der Waals surface area contributed by atoms with Crippen LogP contribution in [-0.2, 0) is 11.3 Å². The van der Waals surface area contributed by atoms with Gasteiger partial charge in [0.25, 0.3) is 5.91 Å². The molecule has 0 aromatic heterocycles. The monoisotopic (exact) mass is 391 g/mol. The molecule has 0 aliphatic carbocycles. The maximum absolute atomic E-state index is 13.0. The molecule has 5 nitrogen and oxygen atoms in total. The summed E-state index contributed by atoms with van der Waals surface area (Å²) in [5.74, 6) is 0.0708. The van der Waals surface area contributed by atoms with Gasteiger partial charge in [-0.15, -0.1) is 0 Å². The van der Waals surface area contributed by atoms with Gasteiger partial charge in [-0.2, -0.15) is 0 Å². The third kappa shape index (κ3) is 4.67. The molecule has 2 aromatic carbocycles. The second kappa shape index (κ2) is 8.78. The zero-order valence-corrected chi connectivity index (χ0v) is 17.1. The number of rotatable bonds is 5. The predicted octanol–water partition coefficient (Wildman–Crippen LogP) is 3.83. The molecule has 2 saturated heterocycles. The van der Waals surface area contributed by atoms with E-state index in [1.807, 2.05) is 23.1 Å². The number of carbonyl (C=O) groups excluding carboxylic acids is 2. The highest BCUT2D eigenvalue weighted by Crippen LogP contribution is 2.23. The molecule has 0 saturated carbocycles. The van der Waals surface area contributed by atoms with Crippen LogP contribution in [0.2, 0.25) is 0 Å². The number of anilines is 1. The van der Waals surface area contributed by atoms with Gasteiger partial charge >= 0.3 is 0 Å². The fraction of sp³-hybridized carbons (Fsp3) is 0.417. The lowest BCUT2D eigenvalue weighted by molar-refractivity contribution is -0.120. The second-order valence-electron chi connectivity index (χ2n) is 8.19. The summed E-state index contributed by atoms with van der Waals surface area (Å²) in [6.45, 7) is 5.46. The van der Waals surface area contributed by atoms with Gasteiger partial charge in [0.05, 0.1) is 6.04 Å². The molecular weight excluding hydrogens is 362 g/mol. The Morgan fingerprint density at radius 3 is 2.59 bits per heavy atom. The number of nitrogens with zero attached hydrogens (tertiary/aromatic N) is 2. The van der Waals surface area contributed by atoms with E-state index in [2.05, 4.69) is 41.4 Å². The van der Waals surface area contributed by atoms with Crippen molar-refractivity contribution in [2.75, 3.05) is 25.0 Å². The van der Waals surface area contributed by atoms with E-state index < -0.39 is 0 Å². The van der Waals surface area contributed by atoms with Gasteiger partial charge in [0.1, 0.15) is 0 Å². The summed E-state index contributed by atoms with van der Waals surface area (Å²) in [7, 11) is 0. The first-order valence-corrected chi connectivity index (χ1v) is 10.6. The van der Waals surface area contributed by atoms with Gasteiger partial charge in [0.2, 0.25) is 5.91 Å². The lowest BCUT2D eigenvalue weighted by Crippen LogP contribution is -2.39. The average molecular weight is 392 g/mol. The van der Waals surface area contributed by atoms with E-state index in [0.29, 0.717) is 11.3 Å². The first-order valence-electron chi connectivity index (χ1n) is 10.6. The zero-order chi connectivity index (χ0) is 20.2. The Bertz CT molecular complexity index is 889. The van der Waals surface area contributed by atoms with Gasteiger partial charge in [0.15, 0.2) is 0 Å². The predicted molar refractivity (Wildman–Crippen MR) is 115 cm³/mol. The minimum atomic E-state index is -0.131. The Hall–Kier alpha value is -2.66. The fourth-order valence-corrected chi connectivity index (χ4v) is 4.42. The van der Waals surface area contributed by atoms with E-state index in [0.717, 1.165) is 51.9 Å². The van der Waals surface area contributed by atoms with Crippen LogP contribution in [0, 0.1) is 6.92 Å². The Morgan fingerprint density at radius 2 is 1.79 bits per heavy atom. The summed E-state index contributed by atoms with van der Waals surface area (Å²) in [6.07, 6.45) is 4.03. The highest BCUT2D eigenvalue weighted by atomic mass is 16.2. The second-order valence-corrected chi connectivity index (χ2v) is 8.19. The first-order chi connectivity index (χ1) is 14.1. The molecule has 2 aromatic rings. The third-order valence-electron chi connectivity index (χ3n) is 5.90. The molecule has 152 valence electrons. The van der Waals surface area contributed by atoms with Gasteiger partial charge < -0.3 is 10.2 Å². The van der Waals surface area contributed by atoms with Crippen LogP contribution in [0.1, 0.15) is 47.2 Å². The molecule has 2 aliphatic rings. The first kappa shape index (κ1) is 19.6. The summed E-state index contributed by atoms with van der Waals surface area (Å²) < 4.78 is 0. The lowest BCUT2D eigenvalue weighted by Gasteiger charge is -2.24. The number of benzene rings is 2. The van der Waals surface area contributed by atoms with Crippen LogP contribution >= 0.6 is 0 Å². The number of aryl methyl sites for hydroxylation is 1. The van der Waals surface area contributed by atoms with E-state index >= 15 is 0 Å². The molecule has 2 amide bonds. The van der Waals surface area contributed by atoms with Crippen LogP contribution in [-0.4, -0.2) is 47.3 Å². The SMILES string of the molecule is Cc1cccc(CN2CCCC2C(=O)Nc2cccc(C(=O)N3CCCC3)c2)c1. The number of nitrogens with one attached hydrogen (secondary N) is 1. The average Bonchev–Trinajstić information content (AvgIpc) is 3.40. The molecule has 4 rings (SSSR count). The lowest BCUT2D eigenvalue weighted by atomic mass is 10.1. The quantitative estimate of drug-likeness (QED) is 0.843. The maximum Gasteiger partial charge on any atom is 0.253 e. The molecule has 0 spiro atoms. The Balaban J connectivity index is 1.41. The van der Waals surface area contributed by atoms with Crippen molar-refractivity contribution in [3.05, 3.63) is 65.2 Å². The standard InChI is InChI=1S/C24H29N3O2/c1-18-7-4-8-19(15-18)17-27-14-6-11-22(27)23(28)25-21-10-5-9-20(16-21)24(29)26-12-2-3-13-26/h4-5,7-10,15-16,22H,2-3,6,11-14,17H2,1H3,(H,25,28). The molecular formula is C24H29N3O2. The molecule has 2 aliphatic heterocycles. The Kier molecular flexibility index (Phi) is 5.95. The van der Waals surface area contributed by atoms with Gasteiger partial charge in [0, 0.05) is 30.9 Å². The van der Waals surface area contributed by atoms with Crippen LogP contribution in [0.3, 0.4) is 0 Å². The van der Waals surface area contributed by atoms with Crippen molar-refractivity contribution in [3.8, 4) is 0 Å². The zero-order valence-electron chi connectivity index (χ0n) is 17.1. The highest BCUT2D eigenvalue weighted by molar-refractivity contribution is 5.98. The van der Waals surface area contributed by atoms with E-state index in [-0.39, 0.29) is 17.9 Å². The number of amides is 2.